The summed E-state index contributed by atoms with van der Waals surface area (Å²) >= 11 is 3.46. The minimum atomic E-state index is 0.797. The minimum Gasteiger partial charge on any atom is -0.299 e. The topological polar surface area (TPSA) is 43.1 Å². The summed E-state index contributed by atoms with van der Waals surface area (Å²) in [5.41, 5.74) is 6.88. The van der Waals surface area contributed by atoms with Gasteiger partial charge in [-0.2, -0.15) is 0 Å². The van der Waals surface area contributed by atoms with Crippen LogP contribution in [0.4, 0.5) is 0 Å². The molecule has 0 unspecified atom stereocenters. The molecule has 4 aromatic rings. The Morgan fingerprint density at radius 2 is 1.88 bits per heavy atom. The molecule has 0 aromatic carbocycles. The second-order valence-electron chi connectivity index (χ2n) is 5.73. The molecule has 4 aromatic heterocycles. The van der Waals surface area contributed by atoms with E-state index in [0.717, 1.165) is 44.2 Å². The van der Waals surface area contributed by atoms with Gasteiger partial charge in [-0.25, -0.2) is 9.97 Å². The number of halogens is 1. The van der Waals surface area contributed by atoms with E-state index in [1.807, 2.05) is 49.5 Å². The average Bonchev–Trinajstić information content (AvgIpc) is 2.96. The molecule has 4 nitrogen and oxygen atoms in total. The molecule has 0 radical (unpaired) electrons. The molecule has 0 bridgehead atoms. The predicted octanol–water partition coefficient (Wildman–Crippen LogP) is 4.84. The van der Waals surface area contributed by atoms with E-state index in [4.69, 9.17) is 4.98 Å². The van der Waals surface area contributed by atoms with E-state index in [1.54, 1.807) is 6.20 Å². The third-order valence-electron chi connectivity index (χ3n) is 3.98. The number of rotatable bonds is 2. The van der Waals surface area contributed by atoms with Crippen LogP contribution in [-0.4, -0.2) is 19.4 Å². The number of nitrogens with zero attached hydrogens (tertiary/aromatic N) is 4. The lowest BCUT2D eigenvalue weighted by Gasteiger charge is -2.06. The van der Waals surface area contributed by atoms with Crippen molar-refractivity contribution in [2.75, 3.05) is 0 Å². The first-order chi connectivity index (χ1) is 11.6. The zero-order valence-electron chi connectivity index (χ0n) is 13.4. The normalized spacial score (nSPS) is 11.1. The SMILES string of the molecule is Cc1cccc(-c2nc3c(C)cccn3c2-c2ccnc(Br)c2)n1. The number of hydrogen-bond acceptors (Lipinski definition) is 3. The fraction of sp³-hybridized carbons (Fsp3) is 0.105. The zero-order chi connectivity index (χ0) is 16.7. The summed E-state index contributed by atoms with van der Waals surface area (Å²) in [5, 5.41) is 0. The monoisotopic (exact) mass is 378 g/mol. The summed E-state index contributed by atoms with van der Waals surface area (Å²) in [4.78, 5) is 13.8. The predicted molar refractivity (Wildman–Crippen MR) is 98.8 cm³/mol. The maximum atomic E-state index is 4.89. The number of pyridine rings is 3. The lowest BCUT2D eigenvalue weighted by atomic mass is 10.1. The van der Waals surface area contributed by atoms with Crippen molar-refractivity contribution in [3.8, 4) is 22.6 Å². The Balaban J connectivity index is 2.09. The van der Waals surface area contributed by atoms with Crippen LogP contribution in [0, 0.1) is 13.8 Å². The average molecular weight is 379 g/mol. The van der Waals surface area contributed by atoms with Crippen molar-refractivity contribution in [3.05, 3.63) is 70.7 Å². The second kappa shape index (κ2) is 5.83. The van der Waals surface area contributed by atoms with Gasteiger partial charge in [0.05, 0.1) is 11.4 Å². The summed E-state index contributed by atoms with van der Waals surface area (Å²) in [5.74, 6) is 0. The van der Waals surface area contributed by atoms with Crippen LogP contribution in [-0.2, 0) is 0 Å². The van der Waals surface area contributed by atoms with E-state index in [9.17, 15) is 0 Å². The van der Waals surface area contributed by atoms with Crippen LogP contribution in [0.25, 0.3) is 28.3 Å². The van der Waals surface area contributed by atoms with Crippen molar-refractivity contribution in [2.45, 2.75) is 13.8 Å². The Morgan fingerprint density at radius 1 is 1.00 bits per heavy atom. The molecule has 118 valence electrons. The summed E-state index contributed by atoms with van der Waals surface area (Å²) in [7, 11) is 0. The van der Waals surface area contributed by atoms with Crippen molar-refractivity contribution in [2.24, 2.45) is 0 Å². The van der Waals surface area contributed by atoms with Crippen LogP contribution in [0.2, 0.25) is 0 Å². The van der Waals surface area contributed by atoms with E-state index >= 15 is 0 Å². The Labute approximate surface area is 148 Å². The van der Waals surface area contributed by atoms with Gasteiger partial charge in [0.15, 0.2) is 0 Å². The van der Waals surface area contributed by atoms with Crippen molar-refractivity contribution in [3.63, 3.8) is 0 Å². The van der Waals surface area contributed by atoms with Crippen LogP contribution in [0.3, 0.4) is 0 Å². The highest BCUT2D eigenvalue weighted by atomic mass is 79.9. The van der Waals surface area contributed by atoms with Gasteiger partial charge < -0.3 is 0 Å². The first kappa shape index (κ1) is 15.0. The Bertz CT molecular complexity index is 1050. The number of aromatic nitrogens is 4. The van der Waals surface area contributed by atoms with Gasteiger partial charge in [-0.15, -0.1) is 0 Å². The molecule has 0 aliphatic rings. The maximum absolute atomic E-state index is 4.89. The third-order valence-corrected chi connectivity index (χ3v) is 4.41. The number of aryl methyl sites for hydroxylation is 2. The molecule has 0 spiro atoms. The molecule has 4 heterocycles. The van der Waals surface area contributed by atoms with Crippen molar-refractivity contribution in [1.29, 1.82) is 0 Å². The van der Waals surface area contributed by atoms with Gasteiger partial charge >= 0.3 is 0 Å². The van der Waals surface area contributed by atoms with Crippen LogP contribution in [0.15, 0.2) is 59.5 Å². The lowest BCUT2D eigenvalue weighted by molar-refractivity contribution is 1.16. The smallest absolute Gasteiger partial charge is 0.140 e. The van der Waals surface area contributed by atoms with Gasteiger partial charge in [-0.3, -0.25) is 9.38 Å². The van der Waals surface area contributed by atoms with Gasteiger partial charge in [0, 0.05) is 23.7 Å². The van der Waals surface area contributed by atoms with E-state index in [0.29, 0.717) is 0 Å². The largest absolute Gasteiger partial charge is 0.299 e. The molecular formula is C19H15BrN4. The van der Waals surface area contributed by atoms with E-state index < -0.39 is 0 Å². The fourth-order valence-corrected chi connectivity index (χ4v) is 3.25. The Hall–Kier alpha value is -2.53. The van der Waals surface area contributed by atoms with Gasteiger partial charge in [0.25, 0.3) is 0 Å². The summed E-state index contributed by atoms with van der Waals surface area (Å²) < 4.78 is 2.92. The molecule has 0 amide bonds. The number of imidazole rings is 1. The first-order valence-electron chi connectivity index (χ1n) is 7.67. The van der Waals surface area contributed by atoms with E-state index in [2.05, 4.69) is 43.3 Å². The third kappa shape index (κ3) is 2.51. The van der Waals surface area contributed by atoms with Crippen LogP contribution < -0.4 is 0 Å². The second-order valence-corrected chi connectivity index (χ2v) is 6.54. The molecule has 0 saturated heterocycles. The lowest BCUT2D eigenvalue weighted by Crippen LogP contribution is -1.92. The Morgan fingerprint density at radius 3 is 2.67 bits per heavy atom. The molecule has 24 heavy (non-hydrogen) atoms. The fourth-order valence-electron chi connectivity index (χ4n) is 2.88. The molecule has 0 fully saturated rings. The van der Waals surface area contributed by atoms with Crippen LogP contribution in [0.1, 0.15) is 11.3 Å². The molecule has 0 aliphatic carbocycles. The van der Waals surface area contributed by atoms with Crippen molar-refractivity contribution < 1.29 is 0 Å². The quantitative estimate of drug-likeness (QED) is 0.468. The molecule has 5 heteroatoms. The standard InChI is InChI=1S/C19H15BrN4/c1-12-5-4-10-24-18(14-8-9-21-16(20)11-14)17(23-19(12)24)15-7-3-6-13(2)22-15/h3-11H,1-2H3. The summed E-state index contributed by atoms with van der Waals surface area (Å²) in [6.45, 7) is 4.06. The molecule has 0 N–H and O–H groups in total. The number of fused-ring (bicyclic) bond motifs is 1. The van der Waals surface area contributed by atoms with E-state index in [1.165, 1.54) is 0 Å². The van der Waals surface area contributed by atoms with Crippen molar-refractivity contribution in [1.82, 2.24) is 19.4 Å². The summed E-state index contributed by atoms with van der Waals surface area (Å²) in [6.07, 6.45) is 3.83. The molecule has 0 aliphatic heterocycles. The van der Waals surface area contributed by atoms with E-state index in [-0.39, 0.29) is 0 Å². The maximum Gasteiger partial charge on any atom is 0.140 e. The highest BCUT2D eigenvalue weighted by Gasteiger charge is 2.18. The highest BCUT2D eigenvalue weighted by Crippen LogP contribution is 2.33. The van der Waals surface area contributed by atoms with Crippen LogP contribution >= 0.6 is 15.9 Å². The molecule has 0 atom stereocenters. The van der Waals surface area contributed by atoms with Gasteiger partial charge in [-0.05, 0) is 65.7 Å². The minimum absolute atomic E-state index is 0.797. The number of hydrogen-bond donors (Lipinski definition) is 0. The van der Waals surface area contributed by atoms with Gasteiger partial charge in [0.2, 0.25) is 0 Å². The highest BCUT2D eigenvalue weighted by molar-refractivity contribution is 9.10. The summed E-state index contributed by atoms with van der Waals surface area (Å²) in [6, 6.07) is 14.1. The Kier molecular flexibility index (Phi) is 3.65. The first-order valence-corrected chi connectivity index (χ1v) is 8.46. The molecule has 4 rings (SSSR count). The van der Waals surface area contributed by atoms with Gasteiger partial charge in [-0.1, -0.05) is 12.1 Å². The molecule has 0 saturated carbocycles. The van der Waals surface area contributed by atoms with Crippen molar-refractivity contribution >= 4 is 21.6 Å². The molecular weight excluding hydrogens is 364 g/mol. The zero-order valence-corrected chi connectivity index (χ0v) is 14.9. The van der Waals surface area contributed by atoms with Crippen LogP contribution in [0.5, 0.6) is 0 Å². The van der Waals surface area contributed by atoms with Gasteiger partial charge in [0.1, 0.15) is 15.9 Å².